The predicted octanol–water partition coefficient (Wildman–Crippen LogP) is 0.209. The minimum Gasteiger partial charge on any atom is -0.368 e. The number of nitrogens with zero attached hydrogens (tertiary/aromatic N) is 2. The number of aromatic amines is 1. The summed E-state index contributed by atoms with van der Waals surface area (Å²) < 4.78 is 0. The number of rotatable bonds is 1. The second-order valence-corrected chi connectivity index (χ2v) is 3.05. The first-order chi connectivity index (χ1) is 5.97. The minimum atomic E-state index is 1.07. The monoisotopic (exact) mass is 166 g/mol. The van der Waals surface area contributed by atoms with Gasteiger partial charge in [-0.2, -0.15) is 5.10 Å². The van der Waals surface area contributed by atoms with Crippen LogP contribution in [-0.2, 0) is 0 Å². The average Bonchev–Trinajstić information content (AvgIpc) is 2.48. The Morgan fingerprint density at radius 2 is 2.33 bits per heavy atom. The van der Waals surface area contributed by atoms with Crippen LogP contribution >= 0.6 is 0 Å². The summed E-state index contributed by atoms with van der Waals surface area (Å²) in [6.45, 7) is 4.42. The second kappa shape index (κ2) is 3.58. The number of H-pyrrole nitrogens is 1. The maximum absolute atomic E-state index is 3.94. The molecule has 2 N–H and O–H groups in total. The van der Waals surface area contributed by atoms with Gasteiger partial charge in [0.15, 0.2) is 0 Å². The number of hydrogen-bond donors (Lipinski definition) is 2. The highest BCUT2D eigenvalue weighted by atomic mass is 15.2. The molecule has 12 heavy (non-hydrogen) atoms. The van der Waals surface area contributed by atoms with Crippen molar-refractivity contribution in [3.05, 3.63) is 12.4 Å². The number of aromatic nitrogens is 2. The van der Waals surface area contributed by atoms with Gasteiger partial charge in [-0.05, 0) is 13.0 Å². The van der Waals surface area contributed by atoms with Crippen molar-refractivity contribution in [3.63, 3.8) is 0 Å². The molecule has 0 amide bonds. The van der Waals surface area contributed by atoms with E-state index in [2.05, 4.69) is 20.4 Å². The van der Waals surface area contributed by atoms with E-state index in [0.717, 1.165) is 26.2 Å². The molecule has 0 aliphatic carbocycles. The van der Waals surface area contributed by atoms with Crippen LogP contribution in [0.25, 0.3) is 0 Å². The van der Waals surface area contributed by atoms with Crippen LogP contribution in [0.1, 0.15) is 6.42 Å². The fraction of sp³-hybridized carbons (Fsp3) is 0.625. The summed E-state index contributed by atoms with van der Waals surface area (Å²) in [4.78, 5) is 2.35. The summed E-state index contributed by atoms with van der Waals surface area (Å²) >= 11 is 0. The number of anilines is 1. The number of nitrogens with one attached hydrogen (secondary N) is 2. The summed E-state index contributed by atoms with van der Waals surface area (Å²) in [5, 5.41) is 10.1. The summed E-state index contributed by atoms with van der Waals surface area (Å²) in [5.41, 5.74) is 1.21. The Balaban J connectivity index is 2.02. The predicted molar refractivity (Wildman–Crippen MR) is 48.3 cm³/mol. The van der Waals surface area contributed by atoms with Crippen molar-refractivity contribution in [1.29, 1.82) is 0 Å². The highest BCUT2D eigenvalue weighted by molar-refractivity contribution is 5.41. The summed E-state index contributed by atoms with van der Waals surface area (Å²) in [6, 6.07) is 0. The van der Waals surface area contributed by atoms with E-state index in [4.69, 9.17) is 0 Å². The van der Waals surface area contributed by atoms with E-state index in [-0.39, 0.29) is 0 Å². The van der Waals surface area contributed by atoms with Crippen LogP contribution in [0, 0.1) is 0 Å². The molecular weight excluding hydrogens is 152 g/mol. The van der Waals surface area contributed by atoms with Crippen molar-refractivity contribution in [1.82, 2.24) is 15.5 Å². The first-order valence-electron chi connectivity index (χ1n) is 4.41. The SMILES string of the molecule is c1n[nH]cc1N1CCCNCC1. The van der Waals surface area contributed by atoms with Gasteiger partial charge in [0.25, 0.3) is 0 Å². The fourth-order valence-corrected chi connectivity index (χ4v) is 1.52. The van der Waals surface area contributed by atoms with E-state index < -0.39 is 0 Å². The molecule has 0 aromatic carbocycles. The smallest absolute Gasteiger partial charge is 0.0750 e. The Labute approximate surface area is 72.0 Å². The van der Waals surface area contributed by atoms with Crippen LogP contribution in [0.2, 0.25) is 0 Å². The van der Waals surface area contributed by atoms with E-state index in [1.54, 1.807) is 0 Å². The lowest BCUT2D eigenvalue weighted by atomic mass is 10.4. The molecule has 1 fully saturated rings. The molecule has 0 atom stereocenters. The molecule has 2 rings (SSSR count). The molecule has 0 saturated carbocycles. The molecule has 1 saturated heterocycles. The average molecular weight is 166 g/mol. The van der Waals surface area contributed by atoms with Gasteiger partial charge in [0, 0.05) is 25.8 Å². The molecule has 4 heteroatoms. The highest BCUT2D eigenvalue weighted by Crippen LogP contribution is 2.11. The zero-order chi connectivity index (χ0) is 8.23. The summed E-state index contributed by atoms with van der Waals surface area (Å²) in [7, 11) is 0. The van der Waals surface area contributed by atoms with E-state index >= 15 is 0 Å². The quantitative estimate of drug-likeness (QED) is 0.627. The van der Waals surface area contributed by atoms with Crippen LogP contribution < -0.4 is 10.2 Å². The Morgan fingerprint density at radius 1 is 1.33 bits per heavy atom. The van der Waals surface area contributed by atoms with Gasteiger partial charge in [0.2, 0.25) is 0 Å². The standard InChI is InChI=1S/C8H14N4/c1-2-9-3-5-12(4-1)8-6-10-11-7-8/h6-7,9H,1-5H2,(H,10,11). The molecule has 4 nitrogen and oxygen atoms in total. The third kappa shape index (κ3) is 1.58. The van der Waals surface area contributed by atoms with Crippen LogP contribution in [0.3, 0.4) is 0 Å². The van der Waals surface area contributed by atoms with Gasteiger partial charge < -0.3 is 10.2 Å². The van der Waals surface area contributed by atoms with Crippen molar-refractivity contribution < 1.29 is 0 Å². The minimum absolute atomic E-state index is 1.07. The van der Waals surface area contributed by atoms with Crippen LogP contribution in [-0.4, -0.2) is 36.4 Å². The Bertz CT molecular complexity index is 211. The molecular formula is C8H14N4. The Hall–Kier alpha value is -1.03. The number of hydrogen-bond acceptors (Lipinski definition) is 3. The highest BCUT2D eigenvalue weighted by Gasteiger charge is 2.09. The van der Waals surface area contributed by atoms with Gasteiger partial charge in [-0.3, -0.25) is 5.10 Å². The Kier molecular flexibility index (Phi) is 2.27. The second-order valence-electron chi connectivity index (χ2n) is 3.05. The van der Waals surface area contributed by atoms with Crippen molar-refractivity contribution in [2.45, 2.75) is 6.42 Å². The zero-order valence-electron chi connectivity index (χ0n) is 7.08. The van der Waals surface area contributed by atoms with Gasteiger partial charge in [-0.25, -0.2) is 0 Å². The lowest BCUT2D eigenvalue weighted by Gasteiger charge is -2.19. The topological polar surface area (TPSA) is 44.0 Å². The first kappa shape index (κ1) is 7.61. The molecule has 1 aromatic heterocycles. The van der Waals surface area contributed by atoms with E-state index in [9.17, 15) is 0 Å². The van der Waals surface area contributed by atoms with Crippen LogP contribution in [0.4, 0.5) is 5.69 Å². The molecule has 0 radical (unpaired) electrons. The van der Waals surface area contributed by atoms with Crippen molar-refractivity contribution in [3.8, 4) is 0 Å². The van der Waals surface area contributed by atoms with Crippen LogP contribution in [0.5, 0.6) is 0 Å². The van der Waals surface area contributed by atoms with Gasteiger partial charge >= 0.3 is 0 Å². The van der Waals surface area contributed by atoms with Gasteiger partial charge in [-0.1, -0.05) is 0 Å². The van der Waals surface area contributed by atoms with Gasteiger partial charge in [0.05, 0.1) is 11.9 Å². The van der Waals surface area contributed by atoms with Crippen LogP contribution in [0.15, 0.2) is 12.4 Å². The maximum Gasteiger partial charge on any atom is 0.0750 e. The van der Waals surface area contributed by atoms with E-state index in [1.165, 1.54) is 12.1 Å². The molecule has 1 aliphatic heterocycles. The summed E-state index contributed by atoms with van der Waals surface area (Å²) in [6.07, 6.45) is 5.04. The van der Waals surface area contributed by atoms with E-state index in [1.807, 2.05) is 12.4 Å². The lowest BCUT2D eigenvalue weighted by Crippen LogP contribution is -2.27. The van der Waals surface area contributed by atoms with Gasteiger partial charge in [-0.15, -0.1) is 0 Å². The third-order valence-electron chi connectivity index (χ3n) is 2.19. The van der Waals surface area contributed by atoms with Crippen molar-refractivity contribution >= 4 is 5.69 Å². The molecule has 2 heterocycles. The van der Waals surface area contributed by atoms with Crippen molar-refractivity contribution in [2.24, 2.45) is 0 Å². The molecule has 1 aliphatic rings. The Morgan fingerprint density at radius 3 is 3.17 bits per heavy atom. The molecule has 1 aromatic rings. The molecule has 0 unspecified atom stereocenters. The molecule has 66 valence electrons. The zero-order valence-corrected chi connectivity index (χ0v) is 7.08. The van der Waals surface area contributed by atoms with Gasteiger partial charge in [0.1, 0.15) is 0 Å². The lowest BCUT2D eigenvalue weighted by molar-refractivity contribution is 0.724. The van der Waals surface area contributed by atoms with Crippen molar-refractivity contribution in [2.75, 3.05) is 31.1 Å². The maximum atomic E-state index is 3.94. The molecule has 0 spiro atoms. The first-order valence-corrected chi connectivity index (χ1v) is 4.41. The third-order valence-corrected chi connectivity index (χ3v) is 2.19. The van der Waals surface area contributed by atoms with E-state index in [0.29, 0.717) is 0 Å². The largest absolute Gasteiger partial charge is 0.368 e. The normalized spacial score (nSPS) is 19.2. The summed E-state index contributed by atoms with van der Waals surface area (Å²) in [5.74, 6) is 0. The molecule has 0 bridgehead atoms. The fourth-order valence-electron chi connectivity index (χ4n) is 1.52.